The van der Waals surface area contributed by atoms with Gasteiger partial charge in [0.25, 0.3) is 0 Å². The molecule has 1 aromatic heterocycles. The van der Waals surface area contributed by atoms with Crippen LogP contribution in [0.15, 0.2) is 41.8 Å². The van der Waals surface area contributed by atoms with Crippen molar-refractivity contribution in [3.8, 4) is 0 Å². The van der Waals surface area contributed by atoms with E-state index < -0.39 is 6.10 Å². The third-order valence-electron chi connectivity index (χ3n) is 3.25. The van der Waals surface area contributed by atoms with Crippen LogP contribution in [0.25, 0.3) is 0 Å². The number of hydrogen-bond donors (Lipinski definition) is 1. The average molecular weight is 246 g/mol. The van der Waals surface area contributed by atoms with Crippen molar-refractivity contribution in [2.24, 2.45) is 0 Å². The fraction of sp³-hybridized carbons (Fsp3) is 0.333. The summed E-state index contributed by atoms with van der Waals surface area (Å²) < 4.78 is 0. The second-order valence-corrected chi connectivity index (χ2v) is 5.37. The zero-order chi connectivity index (χ0) is 12.3. The van der Waals surface area contributed by atoms with E-state index in [4.69, 9.17) is 0 Å². The van der Waals surface area contributed by atoms with E-state index in [1.807, 2.05) is 29.6 Å². The molecule has 0 aliphatic rings. The molecule has 90 valence electrons. The number of thiophene rings is 1. The average Bonchev–Trinajstić information content (AvgIpc) is 2.91. The van der Waals surface area contributed by atoms with Gasteiger partial charge in [-0.05, 0) is 34.9 Å². The van der Waals surface area contributed by atoms with E-state index in [1.165, 1.54) is 5.56 Å². The summed E-state index contributed by atoms with van der Waals surface area (Å²) in [5, 5.41) is 12.2. The minimum absolute atomic E-state index is 0.485. The van der Waals surface area contributed by atoms with Gasteiger partial charge in [-0.15, -0.1) is 11.3 Å². The van der Waals surface area contributed by atoms with E-state index in [0.29, 0.717) is 5.92 Å². The summed E-state index contributed by atoms with van der Waals surface area (Å²) >= 11 is 1.59. The van der Waals surface area contributed by atoms with Crippen molar-refractivity contribution in [1.29, 1.82) is 0 Å². The van der Waals surface area contributed by atoms with Crippen LogP contribution in [0.4, 0.5) is 0 Å². The molecule has 0 amide bonds. The summed E-state index contributed by atoms with van der Waals surface area (Å²) in [5.74, 6) is 0.586. The third-order valence-corrected chi connectivity index (χ3v) is 4.17. The van der Waals surface area contributed by atoms with E-state index in [-0.39, 0.29) is 0 Å². The Morgan fingerprint density at radius 1 is 1.12 bits per heavy atom. The Bertz CT molecular complexity index is 444. The van der Waals surface area contributed by atoms with E-state index in [9.17, 15) is 5.11 Å². The maximum absolute atomic E-state index is 10.2. The Labute approximate surface area is 107 Å². The van der Waals surface area contributed by atoms with Crippen LogP contribution < -0.4 is 0 Å². The van der Waals surface area contributed by atoms with Gasteiger partial charge in [-0.1, -0.05) is 44.2 Å². The second kappa shape index (κ2) is 5.48. The van der Waals surface area contributed by atoms with Crippen LogP contribution in [0.5, 0.6) is 0 Å². The maximum atomic E-state index is 10.2. The van der Waals surface area contributed by atoms with Crippen LogP contribution >= 0.6 is 11.3 Å². The first-order valence-electron chi connectivity index (χ1n) is 6.03. The summed E-state index contributed by atoms with van der Waals surface area (Å²) in [6.07, 6.45) is 0.660. The van der Waals surface area contributed by atoms with Gasteiger partial charge >= 0.3 is 0 Å². The molecule has 1 N–H and O–H groups in total. The Balaban J connectivity index is 2.18. The van der Waals surface area contributed by atoms with E-state index in [2.05, 4.69) is 26.0 Å². The van der Waals surface area contributed by atoms with Gasteiger partial charge < -0.3 is 5.11 Å². The summed E-state index contributed by atoms with van der Waals surface area (Å²) in [6, 6.07) is 12.3. The van der Waals surface area contributed by atoms with Crippen molar-refractivity contribution in [2.45, 2.75) is 32.3 Å². The maximum Gasteiger partial charge on any atom is 0.113 e. The molecule has 2 unspecified atom stereocenters. The fourth-order valence-electron chi connectivity index (χ4n) is 1.85. The number of aliphatic hydroxyl groups excluding tert-OH is 1. The molecular weight excluding hydrogens is 228 g/mol. The zero-order valence-electron chi connectivity index (χ0n) is 10.3. The molecule has 0 bridgehead atoms. The Kier molecular flexibility index (Phi) is 3.97. The lowest BCUT2D eigenvalue weighted by atomic mass is 9.96. The molecule has 2 heteroatoms. The molecule has 2 rings (SSSR count). The van der Waals surface area contributed by atoms with Crippen molar-refractivity contribution in [1.82, 2.24) is 0 Å². The highest BCUT2D eigenvalue weighted by Gasteiger charge is 2.11. The highest BCUT2D eigenvalue weighted by atomic mass is 32.1. The van der Waals surface area contributed by atoms with Gasteiger partial charge in [0.2, 0.25) is 0 Å². The van der Waals surface area contributed by atoms with E-state index in [0.717, 1.165) is 16.9 Å². The van der Waals surface area contributed by atoms with Gasteiger partial charge in [0.1, 0.15) is 6.10 Å². The first kappa shape index (κ1) is 12.3. The molecule has 0 aliphatic carbocycles. The minimum atomic E-state index is -0.485. The monoisotopic (exact) mass is 246 g/mol. The Morgan fingerprint density at radius 2 is 1.76 bits per heavy atom. The molecule has 17 heavy (non-hydrogen) atoms. The van der Waals surface area contributed by atoms with Gasteiger partial charge in [-0.2, -0.15) is 0 Å². The Hall–Kier alpha value is -1.12. The smallest absolute Gasteiger partial charge is 0.113 e. The molecule has 0 saturated heterocycles. The number of aliphatic hydroxyl groups is 1. The number of hydrogen-bond acceptors (Lipinski definition) is 2. The van der Waals surface area contributed by atoms with Crippen LogP contribution in [-0.4, -0.2) is 5.11 Å². The molecule has 0 spiro atoms. The van der Waals surface area contributed by atoms with Gasteiger partial charge in [-0.25, -0.2) is 0 Å². The Morgan fingerprint density at radius 3 is 2.29 bits per heavy atom. The van der Waals surface area contributed by atoms with E-state index >= 15 is 0 Å². The number of benzene rings is 1. The largest absolute Gasteiger partial charge is 0.383 e. The zero-order valence-corrected chi connectivity index (χ0v) is 11.1. The summed E-state index contributed by atoms with van der Waals surface area (Å²) in [4.78, 5) is 1.00. The lowest BCUT2D eigenvalue weighted by Gasteiger charge is -2.12. The molecule has 0 fully saturated rings. The van der Waals surface area contributed by atoms with Crippen LogP contribution in [0.2, 0.25) is 0 Å². The molecule has 0 saturated carbocycles. The van der Waals surface area contributed by atoms with Gasteiger partial charge in [0, 0.05) is 4.88 Å². The molecule has 0 aliphatic heterocycles. The van der Waals surface area contributed by atoms with Crippen LogP contribution in [0.1, 0.15) is 48.3 Å². The lowest BCUT2D eigenvalue weighted by Crippen LogP contribution is -1.98. The molecule has 2 atom stereocenters. The SMILES string of the molecule is CCC(C)c1ccc(C(O)c2cccs2)cc1. The highest BCUT2D eigenvalue weighted by Crippen LogP contribution is 2.27. The minimum Gasteiger partial charge on any atom is -0.383 e. The molecular formula is C15H18OS. The predicted molar refractivity (Wildman–Crippen MR) is 73.5 cm³/mol. The first-order valence-corrected chi connectivity index (χ1v) is 6.91. The summed E-state index contributed by atoms with van der Waals surface area (Å²) in [7, 11) is 0. The summed E-state index contributed by atoms with van der Waals surface area (Å²) in [6.45, 7) is 4.42. The molecule has 1 nitrogen and oxygen atoms in total. The van der Waals surface area contributed by atoms with E-state index in [1.54, 1.807) is 11.3 Å². The fourth-order valence-corrected chi connectivity index (χ4v) is 2.59. The van der Waals surface area contributed by atoms with Gasteiger partial charge in [0.15, 0.2) is 0 Å². The molecule has 1 heterocycles. The quantitative estimate of drug-likeness (QED) is 0.850. The van der Waals surface area contributed by atoms with Crippen LogP contribution in [0.3, 0.4) is 0 Å². The third kappa shape index (κ3) is 2.76. The van der Waals surface area contributed by atoms with Gasteiger partial charge in [0.05, 0.1) is 0 Å². The van der Waals surface area contributed by atoms with Gasteiger partial charge in [-0.3, -0.25) is 0 Å². The molecule has 0 radical (unpaired) electrons. The molecule has 1 aromatic carbocycles. The topological polar surface area (TPSA) is 20.2 Å². The standard InChI is InChI=1S/C15H18OS/c1-3-11(2)12-6-8-13(9-7-12)15(16)14-5-4-10-17-14/h4-11,15-16H,3H2,1-2H3. The first-order chi connectivity index (χ1) is 8.22. The normalized spacial score (nSPS) is 14.5. The predicted octanol–water partition coefficient (Wildman–Crippen LogP) is 4.34. The van der Waals surface area contributed by atoms with Crippen molar-refractivity contribution in [2.75, 3.05) is 0 Å². The second-order valence-electron chi connectivity index (χ2n) is 4.39. The number of rotatable bonds is 4. The van der Waals surface area contributed by atoms with Crippen molar-refractivity contribution >= 4 is 11.3 Å². The lowest BCUT2D eigenvalue weighted by molar-refractivity contribution is 0.224. The van der Waals surface area contributed by atoms with Crippen molar-refractivity contribution < 1.29 is 5.11 Å². The van der Waals surface area contributed by atoms with Crippen LogP contribution in [0, 0.1) is 0 Å². The van der Waals surface area contributed by atoms with Crippen molar-refractivity contribution in [3.63, 3.8) is 0 Å². The van der Waals surface area contributed by atoms with Crippen LogP contribution in [-0.2, 0) is 0 Å². The van der Waals surface area contributed by atoms with Crippen molar-refractivity contribution in [3.05, 3.63) is 57.8 Å². The summed E-state index contributed by atoms with van der Waals surface area (Å²) in [5.41, 5.74) is 2.31. The molecule has 2 aromatic rings. The highest BCUT2D eigenvalue weighted by molar-refractivity contribution is 7.10.